The predicted octanol–water partition coefficient (Wildman–Crippen LogP) is 7.86. The van der Waals surface area contributed by atoms with E-state index in [9.17, 15) is 0 Å². The molecule has 0 amide bonds. The Balaban J connectivity index is 1.33. The Morgan fingerprint density at radius 2 is 1.91 bits per heavy atom. The quantitative estimate of drug-likeness (QED) is 0.459. The van der Waals surface area contributed by atoms with E-state index in [2.05, 4.69) is 45.8 Å². The van der Waals surface area contributed by atoms with Crippen molar-refractivity contribution in [1.82, 2.24) is 9.78 Å². The number of fused-ring (bicyclic) bond motifs is 5. The van der Waals surface area contributed by atoms with Gasteiger partial charge in [0.2, 0.25) is 0 Å². The Kier molecular flexibility index (Phi) is 5.98. The molecule has 0 spiro atoms. The molecule has 0 aliphatic heterocycles. The molecule has 4 fully saturated rings. The summed E-state index contributed by atoms with van der Waals surface area (Å²) in [6.07, 6.45) is 19.6. The van der Waals surface area contributed by atoms with Crippen LogP contribution in [0.25, 0.3) is 0 Å². The van der Waals surface area contributed by atoms with Crippen LogP contribution in [-0.2, 0) is 6.54 Å². The first-order chi connectivity index (χ1) is 15.7. The smallest absolute Gasteiger partial charge is 0.102 e. The van der Waals surface area contributed by atoms with Gasteiger partial charge in [-0.2, -0.15) is 10.4 Å². The summed E-state index contributed by atoms with van der Waals surface area (Å²) in [5, 5.41) is 13.6. The molecule has 5 rings (SSSR count). The zero-order valence-electron chi connectivity index (χ0n) is 21.9. The lowest BCUT2D eigenvalue weighted by atomic mass is 9.39. The highest BCUT2D eigenvalue weighted by Crippen LogP contribution is 2.71. The van der Waals surface area contributed by atoms with Crippen LogP contribution in [0.2, 0.25) is 0 Å². The predicted molar refractivity (Wildman–Crippen MR) is 134 cm³/mol. The van der Waals surface area contributed by atoms with Crippen molar-refractivity contribution in [3.8, 4) is 6.07 Å². The molecule has 9 atom stereocenters. The minimum Gasteiger partial charge on any atom is -0.271 e. The molecule has 4 saturated carbocycles. The maximum atomic E-state index is 9.16. The van der Waals surface area contributed by atoms with E-state index in [1.807, 2.05) is 10.9 Å². The lowest BCUT2D eigenvalue weighted by Gasteiger charge is -2.65. The maximum absolute atomic E-state index is 9.16. The van der Waals surface area contributed by atoms with Crippen LogP contribution in [-0.4, -0.2) is 9.78 Å². The van der Waals surface area contributed by atoms with Gasteiger partial charge in [0, 0.05) is 12.7 Å². The molecule has 1 aromatic heterocycles. The molecule has 0 N–H and O–H groups in total. The van der Waals surface area contributed by atoms with E-state index < -0.39 is 0 Å². The third kappa shape index (κ3) is 3.61. The summed E-state index contributed by atoms with van der Waals surface area (Å²) in [4.78, 5) is 0. The van der Waals surface area contributed by atoms with E-state index in [0.29, 0.717) is 27.7 Å². The summed E-state index contributed by atoms with van der Waals surface area (Å²) in [5.74, 6) is 5.23. The summed E-state index contributed by atoms with van der Waals surface area (Å²) in [5.41, 5.74) is 2.32. The highest BCUT2D eigenvalue weighted by Gasteiger charge is 2.63. The van der Waals surface area contributed by atoms with E-state index in [4.69, 9.17) is 5.26 Å². The molecule has 0 aromatic carbocycles. The van der Waals surface area contributed by atoms with Crippen LogP contribution in [0.1, 0.15) is 111 Å². The van der Waals surface area contributed by atoms with Crippen molar-refractivity contribution in [2.75, 3.05) is 0 Å². The van der Waals surface area contributed by atoms with E-state index >= 15 is 0 Å². The second kappa shape index (κ2) is 8.42. The van der Waals surface area contributed by atoms with Crippen LogP contribution < -0.4 is 0 Å². The summed E-state index contributed by atoms with van der Waals surface area (Å²) in [7, 11) is 0. The van der Waals surface area contributed by atoms with Crippen molar-refractivity contribution in [2.45, 2.75) is 112 Å². The Morgan fingerprint density at radius 1 is 1.09 bits per heavy atom. The fourth-order valence-electron chi connectivity index (χ4n) is 10.3. The van der Waals surface area contributed by atoms with Crippen LogP contribution >= 0.6 is 0 Å². The van der Waals surface area contributed by atoms with Crippen molar-refractivity contribution in [3.63, 3.8) is 0 Å². The minimum absolute atomic E-state index is 0.495. The SMILES string of the molecule is CCCC1CCC2(C)C3CCC4(C)C(C(C)Cn5cc(C#N)cn5)CCC4C3CCC2(C)C1. The van der Waals surface area contributed by atoms with Gasteiger partial charge in [-0.25, -0.2) is 0 Å². The first-order valence-electron chi connectivity index (χ1n) is 14.2. The molecule has 0 radical (unpaired) electrons. The van der Waals surface area contributed by atoms with Crippen LogP contribution in [0.4, 0.5) is 0 Å². The third-order valence-corrected chi connectivity index (χ3v) is 12.2. The van der Waals surface area contributed by atoms with E-state index in [1.165, 1.54) is 70.6 Å². The number of nitriles is 1. The first-order valence-corrected chi connectivity index (χ1v) is 14.2. The van der Waals surface area contributed by atoms with Gasteiger partial charge in [0.05, 0.1) is 11.8 Å². The standard InChI is InChI=1S/C30H47N3/c1-6-7-22-10-15-30(5)27-12-14-29(4)25(21(2)19-33-20-23(17-31)18-32-33)8-9-26(29)24(27)11-13-28(30,3)16-22/h18,20-22,24-27H,6-16,19H2,1-5H3. The fraction of sp³-hybridized carbons (Fsp3) is 0.867. The van der Waals surface area contributed by atoms with Crippen LogP contribution in [0, 0.1) is 63.1 Å². The Hall–Kier alpha value is -1.30. The molecule has 3 nitrogen and oxygen atoms in total. The fourth-order valence-corrected chi connectivity index (χ4v) is 10.3. The van der Waals surface area contributed by atoms with Crippen molar-refractivity contribution in [1.29, 1.82) is 5.26 Å². The molecule has 3 heteroatoms. The van der Waals surface area contributed by atoms with Gasteiger partial charge in [0.1, 0.15) is 6.07 Å². The van der Waals surface area contributed by atoms with Crippen LogP contribution in [0.5, 0.6) is 0 Å². The average molecular weight is 450 g/mol. The van der Waals surface area contributed by atoms with E-state index in [1.54, 1.807) is 6.20 Å². The highest BCUT2D eigenvalue weighted by molar-refractivity contribution is 5.21. The minimum atomic E-state index is 0.495. The van der Waals surface area contributed by atoms with E-state index in [-0.39, 0.29) is 0 Å². The van der Waals surface area contributed by atoms with Crippen molar-refractivity contribution >= 4 is 0 Å². The summed E-state index contributed by atoms with van der Waals surface area (Å²) in [6.45, 7) is 13.9. The van der Waals surface area contributed by atoms with Gasteiger partial charge in [-0.05, 0) is 110 Å². The van der Waals surface area contributed by atoms with Crippen molar-refractivity contribution in [2.24, 2.45) is 51.8 Å². The second-order valence-corrected chi connectivity index (χ2v) is 13.6. The third-order valence-electron chi connectivity index (χ3n) is 12.2. The Labute approximate surface area is 202 Å². The molecule has 33 heavy (non-hydrogen) atoms. The molecule has 4 aliphatic rings. The molecule has 1 heterocycles. The molecule has 182 valence electrons. The van der Waals surface area contributed by atoms with Gasteiger partial charge in [-0.3, -0.25) is 4.68 Å². The van der Waals surface area contributed by atoms with Gasteiger partial charge < -0.3 is 0 Å². The number of rotatable bonds is 5. The van der Waals surface area contributed by atoms with Gasteiger partial charge in [-0.1, -0.05) is 47.5 Å². The molecule has 0 saturated heterocycles. The Morgan fingerprint density at radius 3 is 2.64 bits per heavy atom. The number of hydrogen-bond acceptors (Lipinski definition) is 2. The Bertz CT molecular complexity index is 897. The molecular weight excluding hydrogens is 402 g/mol. The van der Waals surface area contributed by atoms with Gasteiger partial charge in [-0.15, -0.1) is 0 Å². The topological polar surface area (TPSA) is 41.6 Å². The van der Waals surface area contributed by atoms with Crippen LogP contribution in [0.3, 0.4) is 0 Å². The normalized spacial score (nSPS) is 45.5. The monoisotopic (exact) mass is 449 g/mol. The van der Waals surface area contributed by atoms with Crippen molar-refractivity contribution < 1.29 is 0 Å². The number of aromatic nitrogens is 2. The summed E-state index contributed by atoms with van der Waals surface area (Å²) < 4.78 is 2.02. The molecule has 0 bridgehead atoms. The zero-order chi connectivity index (χ0) is 23.4. The zero-order valence-corrected chi connectivity index (χ0v) is 21.9. The molecular formula is C30H47N3. The van der Waals surface area contributed by atoms with Crippen LogP contribution in [0.15, 0.2) is 12.4 Å². The maximum Gasteiger partial charge on any atom is 0.102 e. The second-order valence-electron chi connectivity index (χ2n) is 13.6. The highest BCUT2D eigenvalue weighted by atomic mass is 15.3. The van der Waals surface area contributed by atoms with Gasteiger partial charge in [0.15, 0.2) is 0 Å². The average Bonchev–Trinajstić information content (AvgIpc) is 3.38. The lowest BCUT2D eigenvalue weighted by molar-refractivity contribution is -0.163. The summed E-state index contributed by atoms with van der Waals surface area (Å²) in [6, 6.07) is 2.23. The summed E-state index contributed by atoms with van der Waals surface area (Å²) >= 11 is 0. The first kappa shape index (κ1) is 23.4. The largest absolute Gasteiger partial charge is 0.271 e. The van der Waals surface area contributed by atoms with Gasteiger partial charge in [0.25, 0.3) is 0 Å². The molecule has 4 aliphatic carbocycles. The van der Waals surface area contributed by atoms with E-state index in [0.717, 1.165) is 36.1 Å². The molecule has 9 unspecified atom stereocenters. The number of hydrogen-bond donors (Lipinski definition) is 0. The van der Waals surface area contributed by atoms with Crippen molar-refractivity contribution in [3.05, 3.63) is 18.0 Å². The lowest BCUT2D eigenvalue weighted by Crippen LogP contribution is -2.57. The molecule has 1 aromatic rings. The van der Waals surface area contributed by atoms with Gasteiger partial charge >= 0.3 is 0 Å². The number of nitrogens with zero attached hydrogens (tertiary/aromatic N) is 3.